The van der Waals surface area contributed by atoms with Crippen LogP contribution in [0.25, 0.3) is 109 Å². The van der Waals surface area contributed by atoms with Gasteiger partial charge in [0.1, 0.15) is 11.2 Å². The molecule has 0 unspecified atom stereocenters. The molecule has 0 aliphatic heterocycles. The molecule has 51 heavy (non-hydrogen) atoms. The Labute approximate surface area is 315 Å². The van der Waals surface area contributed by atoms with Crippen molar-refractivity contribution in [3.05, 3.63) is 182 Å². The highest BCUT2D eigenvalue weighted by atomic mass is 16.3. The molecule has 0 aliphatic rings. The van der Waals surface area contributed by atoms with Gasteiger partial charge in [-0.15, -0.1) is 0 Å². The highest BCUT2D eigenvalue weighted by molar-refractivity contribution is 6.25. The summed E-state index contributed by atoms with van der Waals surface area (Å²) in [6, 6.07) is 19.1. The Hall–Kier alpha value is -6.70. The molecule has 236 valence electrons. The fourth-order valence-corrected chi connectivity index (χ4v) is 7.56. The fraction of sp³-hybridized carbons (Fsp3) is 0. The average molecular weight is 662 g/mol. The van der Waals surface area contributed by atoms with Gasteiger partial charge in [-0.2, -0.15) is 0 Å². The van der Waals surface area contributed by atoms with Gasteiger partial charge in [0.2, 0.25) is 0 Å². The van der Waals surface area contributed by atoms with E-state index in [1.807, 2.05) is 72.8 Å². The van der Waals surface area contributed by atoms with E-state index in [0.717, 1.165) is 43.6 Å². The van der Waals surface area contributed by atoms with Crippen LogP contribution in [0.2, 0.25) is 0 Å². The molecule has 0 radical (unpaired) electrons. The van der Waals surface area contributed by atoms with E-state index in [4.69, 9.17) is 16.8 Å². The first kappa shape index (κ1) is 17.3. The van der Waals surface area contributed by atoms with Crippen LogP contribution in [0.4, 0.5) is 0 Å². The minimum absolute atomic E-state index is 0.0383. The smallest absolute Gasteiger partial charge is 0.136 e. The first-order valence-electron chi connectivity index (χ1n) is 23.9. The van der Waals surface area contributed by atoms with Crippen molar-refractivity contribution in [3.8, 4) is 33.4 Å². The summed E-state index contributed by atoms with van der Waals surface area (Å²) in [7, 11) is 0. The molecule has 0 bridgehead atoms. The topological polar surface area (TPSA) is 13.1 Å². The summed E-state index contributed by atoms with van der Waals surface area (Å²) in [5, 5.41) is 3.68. The Kier molecular flexibility index (Phi) is 3.70. The molecular formula is C50H30O. The number of furan rings is 1. The second-order valence-electron chi connectivity index (χ2n) is 12.4. The molecule has 0 N–H and O–H groups in total. The number of fused-ring (bicyclic) bond motifs is 9. The van der Waals surface area contributed by atoms with E-state index < -0.39 is 107 Å². The zero-order valence-electron chi connectivity index (χ0n) is 41.6. The number of rotatable bonds is 3. The summed E-state index contributed by atoms with van der Waals surface area (Å²) in [6.07, 6.45) is 0. The molecule has 1 nitrogen and oxygen atoms in total. The summed E-state index contributed by atoms with van der Waals surface area (Å²) in [5.74, 6) is 0. The van der Waals surface area contributed by atoms with Gasteiger partial charge in [0.25, 0.3) is 0 Å². The highest BCUT2D eigenvalue weighted by Crippen LogP contribution is 2.46. The van der Waals surface area contributed by atoms with E-state index in [1.54, 1.807) is 12.1 Å². The summed E-state index contributed by atoms with van der Waals surface area (Å²) in [6.45, 7) is 0. The Morgan fingerprint density at radius 3 is 1.82 bits per heavy atom. The lowest BCUT2D eigenvalue weighted by atomic mass is 9.85. The first-order chi connectivity index (χ1) is 31.5. The lowest BCUT2D eigenvalue weighted by molar-refractivity contribution is 0.669. The second-order valence-corrected chi connectivity index (χ2v) is 12.4. The van der Waals surface area contributed by atoms with Crippen molar-refractivity contribution in [2.75, 3.05) is 0 Å². The van der Waals surface area contributed by atoms with Gasteiger partial charge in [0, 0.05) is 10.8 Å². The summed E-state index contributed by atoms with van der Waals surface area (Å²) in [5.41, 5.74) is 2.71. The van der Waals surface area contributed by atoms with Crippen LogP contribution in [-0.2, 0) is 0 Å². The lowest BCUT2D eigenvalue weighted by Gasteiger charge is -2.18. The van der Waals surface area contributed by atoms with Crippen LogP contribution in [0.1, 0.15) is 20.6 Å². The summed E-state index contributed by atoms with van der Waals surface area (Å²) in [4.78, 5) is 0. The van der Waals surface area contributed by atoms with Gasteiger partial charge in [0.05, 0.1) is 20.6 Å². The molecule has 1 heteroatoms. The van der Waals surface area contributed by atoms with Crippen LogP contribution >= 0.6 is 0 Å². The van der Waals surface area contributed by atoms with Gasteiger partial charge in [-0.25, -0.2) is 0 Å². The molecule has 1 heterocycles. The Bertz CT molecular complexity index is 3980. The van der Waals surface area contributed by atoms with Crippen molar-refractivity contribution in [1.29, 1.82) is 0 Å². The Balaban J connectivity index is 1.28. The van der Waals surface area contributed by atoms with E-state index >= 15 is 0 Å². The lowest BCUT2D eigenvalue weighted by Crippen LogP contribution is -1.91. The van der Waals surface area contributed by atoms with Gasteiger partial charge in [-0.1, -0.05) is 157 Å². The minimum Gasteiger partial charge on any atom is -0.456 e. The molecule has 0 saturated heterocycles. The molecule has 11 aromatic rings. The van der Waals surface area contributed by atoms with Crippen molar-refractivity contribution >= 4 is 75.8 Å². The first-order valence-corrected chi connectivity index (χ1v) is 16.4. The molecule has 10 aromatic carbocycles. The molecular weight excluding hydrogens is 617 g/mol. The third-order valence-corrected chi connectivity index (χ3v) is 9.72. The zero-order valence-corrected chi connectivity index (χ0v) is 26.6. The fourth-order valence-electron chi connectivity index (χ4n) is 7.56. The van der Waals surface area contributed by atoms with Gasteiger partial charge < -0.3 is 4.42 Å². The largest absolute Gasteiger partial charge is 0.456 e. The van der Waals surface area contributed by atoms with Crippen LogP contribution in [0.15, 0.2) is 186 Å². The number of hydrogen-bond donors (Lipinski definition) is 0. The third-order valence-electron chi connectivity index (χ3n) is 9.72. The van der Waals surface area contributed by atoms with Crippen molar-refractivity contribution in [2.24, 2.45) is 0 Å². The van der Waals surface area contributed by atoms with Crippen LogP contribution in [0.5, 0.6) is 0 Å². The van der Waals surface area contributed by atoms with E-state index in [-0.39, 0.29) is 32.7 Å². The Morgan fingerprint density at radius 2 is 1.02 bits per heavy atom. The van der Waals surface area contributed by atoms with Gasteiger partial charge in [-0.3, -0.25) is 0 Å². The molecule has 0 aliphatic carbocycles. The predicted molar refractivity (Wildman–Crippen MR) is 218 cm³/mol. The van der Waals surface area contributed by atoms with Crippen molar-refractivity contribution in [1.82, 2.24) is 0 Å². The summed E-state index contributed by atoms with van der Waals surface area (Å²) >= 11 is 0. The predicted octanol–water partition coefficient (Wildman–Crippen LogP) is 14.4. The third kappa shape index (κ3) is 4.22. The second kappa shape index (κ2) is 10.9. The highest BCUT2D eigenvalue weighted by Gasteiger charge is 2.19. The van der Waals surface area contributed by atoms with E-state index in [2.05, 4.69) is 6.07 Å². The van der Waals surface area contributed by atoms with Gasteiger partial charge in [-0.05, 0) is 111 Å². The SMILES string of the molecule is [2H]c1c([2H])c([2H])c2c([2H])c(-c3c4c([2H])c([2H])c([2H])c([2H])c4c(-c4ccc5c(-c6cccc7oc8ccc9ccccc9c8c67)cccc5c4)c4c([2H])c([2H])c([2H])c([2H])c34)c([2H])c([2H])c2c1[2H]. The van der Waals surface area contributed by atoms with Crippen molar-refractivity contribution in [3.63, 3.8) is 0 Å². The number of benzene rings is 10. The Morgan fingerprint density at radius 1 is 0.373 bits per heavy atom. The van der Waals surface area contributed by atoms with Crippen LogP contribution < -0.4 is 0 Å². The molecule has 0 spiro atoms. The van der Waals surface area contributed by atoms with E-state index in [0.29, 0.717) is 16.5 Å². The molecule has 0 fully saturated rings. The quantitative estimate of drug-likeness (QED) is 0.172. The maximum absolute atomic E-state index is 9.49. The monoisotopic (exact) mass is 661 g/mol. The van der Waals surface area contributed by atoms with Crippen LogP contribution in [-0.4, -0.2) is 0 Å². The van der Waals surface area contributed by atoms with E-state index in [9.17, 15) is 8.22 Å². The van der Waals surface area contributed by atoms with Gasteiger partial charge in [0.15, 0.2) is 0 Å². The molecule has 1 aromatic heterocycles. The van der Waals surface area contributed by atoms with Crippen molar-refractivity contribution in [2.45, 2.75) is 0 Å². The normalized spacial score (nSPS) is 16.0. The molecule has 0 saturated carbocycles. The van der Waals surface area contributed by atoms with Crippen molar-refractivity contribution < 1.29 is 25.0 Å². The zero-order chi connectivity index (χ0) is 46.5. The van der Waals surface area contributed by atoms with Crippen LogP contribution in [0.3, 0.4) is 0 Å². The number of hydrogen-bond acceptors (Lipinski definition) is 1. The minimum atomic E-state index is -0.737. The molecule has 11 rings (SSSR count). The molecule has 0 amide bonds. The summed E-state index contributed by atoms with van der Waals surface area (Å²) < 4.78 is 141. The molecule has 0 atom stereocenters. The maximum atomic E-state index is 9.49. The van der Waals surface area contributed by atoms with Crippen LogP contribution in [0, 0.1) is 0 Å². The average Bonchev–Trinajstić information content (AvgIpc) is 3.72. The maximum Gasteiger partial charge on any atom is 0.136 e. The van der Waals surface area contributed by atoms with Gasteiger partial charge >= 0.3 is 0 Å². The standard InChI is InChI=1S/C50H30O/c1-2-13-33-29-35(24-23-31(33)11-1)47-41-16-5-7-18-43(41)48(44-19-8-6-17-42(44)47)36-25-27-37-34(30-36)14-9-20-39(37)40-21-10-22-45-50(40)49-38-15-4-3-12-32(38)26-28-46(49)51-45/h1-30H/i1D,2D,5D,6D,7D,8D,11D,13D,16D,17D,18D,19D,23D,24D,29D. The van der Waals surface area contributed by atoms with E-state index in [1.165, 1.54) is 0 Å².